The number of nitro benzene ring substituents is 1. The van der Waals surface area contributed by atoms with Gasteiger partial charge in [-0.1, -0.05) is 23.7 Å². The first kappa shape index (κ1) is 17.4. The van der Waals surface area contributed by atoms with Gasteiger partial charge in [0, 0.05) is 0 Å². The molecule has 27 heavy (non-hydrogen) atoms. The number of benzene rings is 2. The predicted molar refractivity (Wildman–Crippen MR) is 101 cm³/mol. The van der Waals surface area contributed by atoms with Gasteiger partial charge in [0.1, 0.15) is 0 Å². The summed E-state index contributed by atoms with van der Waals surface area (Å²) in [4.78, 5) is 27.7. The van der Waals surface area contributed by atoms with Crippen LogP contribution in [0.1, 0.15) is 5.56 Å². The van der Waals surface area contributed by atoms with Crippen molar-refractivity contribution in [1.29, 1.82) is 0 Å². The average Bonchev–Trinajstić information content (AvgIpc) is 3.23. The number of carbonyl (C=O) groups is 1. The molecule has 0 atom stereocenters. The van der Waals surface area contributed by atoms with Crippen molar-refractivity contribution in [3.63, 3.8) is 0 Å². The number of ether oxygens (including phenoxy) is 2. The molecule has 0 unspecified atom stereocenters. The highest BCUT2D eigenvalue weighted by atomic mass is 35.5. The summed E-state index contributed by atoms with van der Waals surface area (Å²) >= 11 is 7.14. The molecule has 1 N–H and O–H groups in total. The van der Waals surface area contributed by atoms with Crippen molar-refractivity contribution < 1.29 is 19.2 Å². The van der Waals surface area contributed by atoms with E-state index in [1.54, 1.807) is 30.3 Å². The summed E-state index contributed by atoms with van der Waals surface area (Å²) in [6, 6.07) is 10.0. The van der Waals surface area contributed by atoms with Crippen molar-refractivity contribution in [3.05, 3.63) is 62.0 Å². The predicted octanol–water partition coefficient (Wildman–Crippen LogP) is 3.87. The van der Waals surface area contributed by atoms with Crippen LogP contribution in [-0.4, -0.2) is 22.8 Å². The number of amides is 1. The van der Waals surface area contributed by atoms with Gasteiger partial charge in [0.15, 0.2) is 10.9 Å². The van der Waals surface area contributed by atoms with E-state index in [2.05, 4.69) is 10.3 Å². The zero-order valence-electron chi connectivity index (χ0n) is 13.5. The number of rotatable bonds is 3. The molecule has 0 aromatic heterocycles. The van der Waals surface area contributed by atoms with Gasteiger partial charge < -0.3 is 14.8 Å². The summed E-state index contributed by atoms with van der Waals surface area (Å²) in [5, 5.41) is 14.9. The fourth-order valence-electron chi connectivity index (χ4n) is 2.55. The Bertz CT molecular complexity index is 1040. The fourth-order valence-corrected chi connectivity index (χ4v) is 3.55. The third-order valence-corrected chi connectivity index (χ3v) is 4.97. The minimum absolute atomic E-state index is 0.0581. The van der Waals surface area contributed by atoms with Crippen molar-refractivity contribution >= 4 is 51.9 Å². The van der Waals surface area contributed by atoms with Crippen LogP contribution in [0.5, 0.6) is 11.5 Å². The molecule has 0 aliphatic carbocycles. The second-order valence-electron chi connectivity index (χ2n) is 5.43. The molecule has 1 fully saturated rings. The van der Waals surface area contributed by atoms with Gasteiger partial charge in [-0.15, -0.1) is 0 Å². The number of hydrogen-bond donors (Lipinski definition) is 1. The number of amidine groups is 1. The Labute approximate surface area is 162 Å². The van der Waals surface area contributed by atoms with Crippen LogP contribution < -0.4 is 14.8 Å². The van der Waals surface area contributed by atoms with Crippen LogP contribution in [0.3, 0.4) is 0 Å². The molecule has 1 saturated heterocycles. The Hall–Kier alpha value is -3.04. The summed E-state index contributed by atoms with van der Waals surface area (Å²) < 4.78 is 10.4. The third-order valence-electron chi connectivity index (χ3n) is 3.74. The largest absolute Gasteiger partial charge is 0.453 e. The van der Waals surface area contributed by atoms with Crippen LogP contribution in [0.25, 0.3) is 6.08 Å². The summed E-state index contributed by atoms with van der Waals surface area (Å²) in [6.07, 6.45) is 1.43. The highest BCUT2D eigenvalue weighted by molar-refractivity contribution is 8.18. The first-order valence-corrected chi connectivity index (χ1v) is 8.83. The highest BCUT2D eigenvalue weighted by Gasteiger charge is 2.31. The molecule has 4 rings (SSSR count). The molecule has 10 heteroatoms. The number of nitrogens with zero attached hydrogens (tertiary/aromatic N) is 2. The minimum atomic E-state index is -0.559. The maximum atomic E-state index is 12.2. The van der Waals surface area contributed by atoms with Gasteiger partial charge in [-0.2, -0.15) is 0 Å². The second kappa shape index (κ2) is 6.93. The van der Waals surface area contributed by atoms with Gasteiger partial charge in [-0.3, -0.25) is 14.9 Å². The number of para-hydroxylation sites is 1. The molecule has 2 heterocycles. The Morgan fingerprint density at radius 2 is 2.07 bits per heavy atom. The van der Waals surface area contributed by atoms with E-state index in [-0.39, 0.29) is 28.7 Å². The van der Waals surface area contributed by atoms with Gasteiger partial charge in [0.2, 0.25) is 12.5 Å². The maximum absolute atomic E-state index is 12.2. The summed E-state index contributed by atoms with van der Waals surface area (Å²) in [5.74, 6) is -0.0474. The van der Waals surface area contributed by atoms with Crippen LogP contribution in [0.4, 0.5) is 11.4 Å². The highest BCUT2D eigenvalue weighted by Crippen LogP contribution is 2.44. The van der Waals surface area contributed by atoms with E-state index in [9.17, 15) is 14.9 Å². The molecule has 2 aromatic carbocycles. The molecular weight excluding hydrogens is 394 g/mol. The average molecular weight is 404 g/mol. The number of carbonyl (C=O) groups excluding carboxylic acids is 1. The fraction of sp³-hybridized carbons (Fsp3) is 0.0588. The van der Waals surface area contributed by atoms with Crippen molar-refractivity contribution in [2.75, 3.05) is 6.79 Å². The molecule has 0 saturated carbocycles. The van der Waals surface area contributed by atoms with Crippen molar-refractivity contribution in [2.45, 2.75) is 0 Å². The lowest BCUT2D eigenvalue weighted by atomic mass is 10.1. The summed E-state index contributed by atoms with van der Waals surface area (Å²) in [6.45, 7) is -0.0833. The normalized spacial score (nSPS) is 18.2. The first-order valence-electron chi connectivity index (χ1n) is 7.64. The van der Waals surface area contributed by atoms with E-state index in [4.69, 9.17) is 21.1 Å². The first-order chi connectivity index (χ1) is 13.0. The number of hydrogen-bond acceptors (Lipinski definition) is 7. The monoisotopic (exact) mass is 403 g/mol. The molecule has 1 amide bonds. The molecule has 2 aliphatic rings. The van der Waals surface area contributed by atoms with Crippen LogP contribution in [0.15, 0.2) is 46.3 Å². The van der Waals surface area contributed by atoms with Gasteiger partial charge in [0.25, 0.3) is 5.91 Å². The van der Waals surface area contributed by atoms with E-state index in [1.807, 2.05) is 0 Å². The molecular formula is C17H10ClN3O5S. The lowest BCUT2D eigenvalue weighted by molar-refractivity contribution is -0.385. The Morgan fingerprint density at radius 1 is 1.26 bits per heavy atom. The van der Waals surface area contributed by atoms with Crippen molar-refractivity contribution in [3.8, 4) is 11.5 Å². The van der Waals surface area contributed by atoms with E-state index in [0.29, 0.717) is 21.6 Å². The lowest BCUT2D eigenvalue weighted by Crippen LogP contribution is -2.19. The Kier molecular flexibility index (Phi) is 4.46. The zero-order valence-corrected chi connectivity index (χ0v) is 15.0. The second-order valence-corrected chi connectivity index (χ2v) is 6.87. The van der Waals surface area contributed by atoms with Crippen LogP contribution >= 0.6 is 23.4 Å². The number of halogens is 1. The van der Waals surface area contributed by atoms with E-state index in [0.717, 1.165) is 11.8 Å². The molecule has 0 spiro atoms. The molecule has 136 valence electrons. The molecule has 0 bridgehead atoms. The number of nitrogens with one attached hydrogen (secondary N) is 1. The van der Waals surface area contributed by atoms with Crippen LogP contribution in [-0.2, 0) is 4.79 Å². The lowest BCUT2D eigenvalue weighted by Gasteiger charge is -2.02. The smallest absolute Gasteiger partial charge is 0.322 e. The number of aliphatic imine (C=N–C) groups is 1. The van der Waals surface area contributed by atoms with Crippen molar-refractivity contribution in [2.24, 2.45) is 4.99 Å². The Balaban J connectivity index is 1.69. The van der Waals surface area contributed by atoms with Gasteiger partial charge in [-0.25, -0.2) is 4.99 Å². The summed E-state index contributed by atoms with van der Waals surface area (Å²) in [5.41, 5.74) is 0.501. The zero-order chi connectivity index (χ0) is 19.0. The van der Waals surface area contributed by atoms with Gasteiger partial charge in [0.05, 0.1) is 26.1 Å². The molecule has 2 aromatic rings. The van der Waals surface area contributed by atoms with Crippen LogP contribution in [0, 0.1) is 10.1 Å². The molecule has 8 nitrogen and oxygen atoms in total. The third kappa shape index (κ3) is 3.34. The standard InChI is InChI=1S/C17H10ClN3O5S/c18-10-3-1-2-4-11(10)19-17-20-16(22)13(27-17)7-9-5-6-12-15(26-8-25-12)14(9)21(23)24/h1-7H,8H2,(H,19,20,22)/b13-7+. The van der Waals surface area contributed by atoms with Gasteiger partial charge >= 0.3 is 5.69 Å². The maximum Gasteiger partial charge on any atom is 0.322 e. The van der Waals surface area contributed by atoms with E-state index >= 15 is 0 Å². The van der Waals surface area contributed by atoms with Crippen molar-refractivity contribution in [1.82, 2.24) is 5.32 Å². The number of fused-ring (bicyclic) bond motifs is 1. The van der Waals surface area contributed by atoms with Gasteiger partial charge in [-0.05, 0) is 42.1 Å². The van der Waals surface area contributed by atoms with E-state index in [1.165, 1.54) is 12.1 Å². The topological polar surface area (TPSA) is 103 Å². The van der Waals surface area contributed by atoms with Crippen LogP contribution in [0.2, 0.25) is 5.02 Å². The van der Waals surface area contributed by atoms with E-state index < -0.39 is 10.8 Å². The SMILES string of the molecule is O=C1NC(=Nc2ccccc2Cl)S/C1=C/c1ccc2c(c1[N+](=O)[O-])OCO2. The summed E-state index contributed by atoms with van der Waals surface area (Å²) in [7, 11) is 0. The molecule has 2 aliphatic heterocycles. The number of thioether (sulfide) groups is 1. The molecule has 0 radical (unpaired) electrons. The Morgan fingerprint density at radius 3 is 2.85 bits per heavy atom. The number of nitro groups is 1. The quantitative estimate of drug-likeness (QED) is 0.474. The minimum Gasteiger partial charge on any atom is -0.453 e.